The van der Waals surface area contributed by atoms with E-state index in [1.54, 1.807) is 17.0 Å². The van der Waals surface area contributed by atoms with E-state index < -0.39 is 5.82 Å². The molecule has 0 aliphatic carbocycles. The average Bonchev–Trinajstić information content (AvgIpc) is 3.22. The fraction of sp³-hybridized carbons (Fsp3) is 0.300. The van der Waals surface area contributed by atoms with Crippen LogP contribution in [0.25, 0.3) is 0 Å². The summed E-state index contributed by atoms with van der Waals surface area (Å²) in [5.41, 5.74) is 1.91. The molecular weight excluding hydrogens is 355 g/mol. The Balaban J connectivity index is 1.43. The van der Waals surface area contributed by atoms with Crippen molar-refractivity contribution in [2.24, 2.45) is 11.1 Å². The summed E-state index contributed by atoms with van der Waals surface area (Å²) < 4.78 is 14.2. The van der Waals surface area contributed by atoms with E-state index in [0.717, 1.165) is 5.56 Å². The molecule has 2 aromatic rings. The lowest BCUT2D eigenvalue weighted by molar-refractivity contribution is -0.130. The molecule has 2 aliphatic rings. The fourth-order valence-electron chi connectivity index (χ4n) is 3.57. The number of aryl methyl sites for hydroxylation is 1. The van der Waals surface area contributed by atoms with Crippen molar-refractivity contribution >= 4 is 23.2 Å². The molecule has 0 aromatic heterocycles. The molecule has 2 heterocycles. The molecule has 2 aromatic carbocycles. The van der Waals surface area contributed by atoms with Crippen LogP contribution in [0.5, 0.6) is 0 Å². The number of hydrogen-bond donors (Lipinski definition) is 0. The predicted octanol–water partition coefficient (Wildman–Crippen LogP) is 3.67. The van der Waals surface area contributed by atoms with Crippen LogP contribution >= 0.6 is 11.6 Å². The number of halogens is 2. The molecule has 4 nitrogen and oxygen atoms in total. The van der Waals surface area contributed by atoms with Crippen molar-refractivity contribution in [2.45, 2.75) is 18.9 Å². The molecule has 134 valence electrons. The summed E-state index contributed by atoms with van der Waals surface area (Å²) in [6, 6.07) is 14.5. The van der Waals surface area contributed by atoms with Crippen molar-refractivity contribution in [1.82, 2.24) is 4.90 Å². The van der Waals surface area contributed by atoms with Crippen LogP contribution in [0.3, 0.4) is 0 Å². The minimum Gasteiger partial charge on any atom is -0.390 e. The monoisotopic (exact) mass is 372 g/mol. The topological polar surface area (TPSA) is 41.9 Å². The van der Waals surface area contributed by atoms with Gasteiger partial charge >= 0.3 is 0 Å². The number of hydrogen-bond acceptors (Lipinski definition) is 3. The molecule has 0 bridgehead atoms. The normalized spacial score (nSPS) is 21.3. The van der Waals surface area contributed by atoms with Crippen LogP contribution in [-0.4, -0.2) is 35.7 Å². The maximum Gasteiger partial charge on any atom is 0.223 e. The van der Waals surface area contributed by atoms with Crippen LogP contribution < -0.4 is 0 Å². The Bertz CT molecular complexity index is 836. The van der Waals surface area contributed by atoms with E-state index >= 15 is 0 Å². The third-order valence-corrected chi connectivity index (χ3v) is 5.26. The molecular formula is C20H18ClFN2O2. The second-order valence-electron chi connectivity index (χ2n) is 6.61. The van der Waals surface area contributed by atoms with E-state index in [-0.39, 0.29) is 23.5 Å². The third-order valence-electron chi connectivity index (χ3n) is 4.95. The molecule has 0 radical (unpaired) electrons. The summed E-state index contributed by atoms with van der Waals surface area (Å²) in [5.74, 6) is -0.495. The maximum absolute atomic E-state index is 14.2. The van der Waals surface area contributed by atoms with Gasteiger partial charge in [-0.3, -0.25) is 4.79 Å². The van der Waals surface area contributed by atoms with Crippen LogP contribution in [0, 0.1) is 11.7 Å². The number of fused-ring (bicyclic) bond motifs is 1. The summed E-state index contributed by atoms with van der Waals surface area (Å²) in [6.07, 6.45) is 0.907. The molecule has 2 aliphatic heterocycles. The quantitative estimate of drug-likeness (QED) is 0.821. The van der Waals surface area contributed by atoms with Crippen LogP contribution in [0.4, 0.5) is 4.39 Å². The van der Waals surface area contributed by atoms with E-state index in [1.165, 1.54) is 6.07 Å². The first-order chi connectivity index (χ1) is 12.6. The lowest BCUT2D eigenvalue weighted by Gasteiger charge is -2.17. The Morgan fingerprint density at radius 2 is 2.00 bits per heavy atom. The van der Waals surface area contributed by atoms with E-state index in [0.29, 0.717) is 36.7 Å². The van der Waals surface area contributed by atoms with Crippen molar-refractivity contribution in [1.29, 1.82) is 0 Å². The summed E-state index contributed by atoms with van der Waals surface area (Å²) in [7, 11) is 0. The molecule has 1 fully saturated rings. The lowest BCUT2D eigenvalue weighted by Crippen LogP contribution is -2.30. The molecule has 0 saturated carbocycles. The van der Waals surface area contributed by atoms with Crippen LogP contribution in [0.15, 0.2) is 53.7 Å². The smallest absolute Gasteiger partial charge is 0.223 e. The van der Waals surface area contributed by atoms with Gasteiger partial charge in [-0.15, -0.1) is 0 Å². The van der Waals surface area contributed by atoms with Gasteiger partial charge in [-0.1, -0.05) is 53.2 Å². The Morgan fingerprint density at radius 1 is 1.19 bits per heavy atom. The number of nitrogens with zero attached hydrogens (tertiary/aromatic N) is 2. The van der Waals surface area contributed by atoms with E-state index in [4.69, 9.17) is 16.4 Å². The highest BCUT2D eigenvalue weighted by atomic mass is 35.5. The molecule has 2 unspecified atom stereocenters. The Morgan fingerprint density at radius 3 is 2.77 bits per heavy atom. The number of rotatable bonds is 4. The first-order valence-corrected chi connectivity index (χ1v) is 9.01. The zero-order valence-electron chi connectivity index (χ0n) is 14.1. The van der Waals surface area contributed by atoms with Gasteiger partial charge in [0.1, 0.15) is 11.5 Å². The summed E-state index contributed by atoms with van der Waals surface area (Å²) >= 11 is 6.16. The highest BCUT2D eigenvalue weighted by Crippen LogP contribution is 2.33. The van der Waals surface area contributed by atoms with Crippen LogP contribution in [-0.2, 0) is 16.1 Å². The second-order valence-corrected chi connectivity index (χ2v) is 7.02. The second kappa shape index (κ2) is 7.08. The van der Waals surface area contributed by atoms with Crippen LogP contribution in [0.1, 0.15) is 17.5 Å². The predicted molar refractivity (Wildman–Crippen MR) is 97.7 cm³/mol. The van der Waals surface area contributed by atoms with Gasteiger partial charge < -0.3 is 9.74 Å². The fourth-order valence-corrected chi connectivity index (χ4v) is 3.83. The molecule has 2 atom stereocenters. The first kappa shape index (κ1) is 17.0. The van der Waals surface area contributed by atoms with Gasteiger partial charge in [-0.2, -0.15) is 0 Å². The molecule has 0 N–H and O–H groups in total. The largest absolute Gasteiger partial charge is 0.390 e. The van der Waals surface area contributed by atoms with Gasteiger partial charge in [0.15, 0.2) is 6.10 Å². The van der Waals surface area contributed by atoms with Crippen molar-refractivity contribution in [3.8, 4) is 0 Å². The van der Waals surface area contributed by atoms with Crippen molar-refractivity contribution in [3.63, 3.8) is 0 Å². The van der Waals surface area contributed by atoms with E-state index in [2.05, 4.69) is 5.16 Å². The summed E-state index contributed by atoms with van der Waals surface area (Å²) in [6.45, 7) is 0.944. The van der Waals surface area contributed by atoms with Gasteiger partial charge in [0, 0.05) is 13.0 Å². The lowest BCUT2D eigenvalue weighted by atomic mass is 9.94. The van der Waals surface area contributed by atoms with E-state index in [1.807, 2.05) is 30.3 Å². The molecule has 0 spiro atoms. The Hall–Kier alpha value is -2.40. The Kier molecular flexibility index (Phi) is 4.64. The number of benzene rings is 2. The molecule has 1 saturated heterocycles. The first-order valence-electron chi connectivity index (χ1n) is 8.63. The summed E-state index contributed by atoms with van der Waals surface area (Å²) in [4.78, 5) is 19.8. The zero-order chi connectivity index (χ0) is 18.1. The molecule has 26 heavy (non-hydrogen) atoms. The number of carbonyl (C=O) groups is 1. The van der Waals surface area contributed by atoms with Crippen LogP contribution in [0.2, 0.25) is 5.02 Å². The molecule has 4 rings (SSSR count). The minimum atomic E-state index is -0.422. The molecule has 6 heteroatoms. The van der Waals surface area contributed by atoms with Crippen molar-refractivity contribution < 1.29 is 14.0 Å². The number of oxime groups is 1. The van der Waals surface area contributed by atoms with Crippen molar-refractivity contribution in [2.75, 3.05) is 13.1 Å². The van der Waals surface area contributed by atoms with Gasteiger partial charge in [0.2, 0.25) is 5.91 Å². The van der Waals surface area contributed by atoms with Gasteiger partial charge in [-0.25, -0.2) is 4.39 Å². The molecule has 1 amide bonds. The maximum atomic E-state index is 14.2. The highest BCUT2D eigenvalue weighted by Gasteiger charge is 2.45. The standard InChI is InChI=1S/C20H18ClFN2O2/c21-15-7-4-8-16(22)19(15)20-14-11-24(12-17(14)26-23-20)18(25)10-9-13-5-2-1-3-6-13/h1-8,14,17H,9-12H2. The third kappa shape index (κ3) is 3.19. The highest BCUT2D eigenvalue weighted by molar-refractivity contribution is 6.34. The number of amides is 1. The summed E-state index contributed by atoms with van der Waals surface area (Å²) in [5, 5.41) is 4.36. The van der Waals surface area contributed by atoms with Gasteiger partial charge in [0.05, 0.1) is 23.0 Å². The van der Waals surface area contributed by atoms with Crippen molar-refractivity contribution in [3.05, 3.63) is 70.5 Å². The van der Waals surface area contributed by atoms with E-state index in [9.17, 15) is 9.18 Å². The average molecular weight is 373 g/mol. The zero-order valence-corrected chi connectivity index (χ0v) is 14.8. The SMILES string of the molecule is O=C(CCc1ccccc1)N1CC2ON=C(c3c(F)cccc3Cl)C2C1. The number of likely N-dealkylation sites (tertiary alicyclic amines) is 1. The minimum absolute atomic E-state index is 0.0748. The Labute approximate surface area is 156 Å². The van der Waals surface area contributed by atoms with Gasteiger partial charge in [0.25, 0.3) is 0 Å². The van der Waals surface area contributed by atoms with Gasteiger partial charge in [-0.05, 0) is 24.1 Å². The number of carbonyl (C=O) groups excluding carboxylic acids is 1.